The van der Waals surface area contributed by atoms with Crippen LogP contribution in [0.4, 0.5) is 18.9 Å². The Morgan fingerprint density at radius 1 is 1.10 bits per heavy atom. The van der Waals surface area contributed by atoms with E-state index in [1.165, 1.54) is 25.1 Å². The van der Waals surface area contributed by atoms with Crippen molar-refractivity contribution in [2.45, 2.75) is 25.1 Å². The average molecular weight is 501 g/mol. The molecule has 0 aliphatic carbocycles. The van der Waals surface area contributed by atoms with Gasteiger partial charge in [-0.25, -0.2) is 0 Å². The summed E-state index contributed by atoms with van der Waals surface area (Å²) in [5, 5.41) is 3.56. The number of halogens is 7. The maximum absolute atomic E-state index is 14.1. The van der Waals surface area contributed by atoms with Crippen LogP contribution in [0.25, 0.3) is 0 Å². The molecule has 2 aromatic rings. The zero-order valence-electron chi connectivity index (χ0n) is 15.0. The Bertz CT molecular complexity index is 1020. The summed E-state index contributed by atoms with van der Waals surface area (Å²) in [7, 11) is 0. The number of benzene rings is 2. The summed E-state index contributed by atoms with van der Waals surface area (Å²) in [6.07, 6.45) is -5.49. The zero-order chi connectivity index (χ0) is 22.3. The molecule has 2 N–H and O–H groups in total. The molecule has 1 unspecified atom stereocenters. The number of alkyl halides is 3. The first kappa shape index (κ1) is 22.8. The molecular formula is C18H12Cl4F3N3O2. The van der Waals surface area contributed by atoms with Crippen LogP contribution in [0.15, 0.2) is 35.5 Å². The number of nitrogens with zero attached hydrogens (tertiary/aromatic N) is 1. The summed E-state index contributed by atoms with van der Waals surface area (Å²) in [5.41, 5.74) is 2.38. The number of anilines is 1. The standard InChI is InChI=1S/C18H12Cl4F3N3O2/c1-8(29)26-27-14-4-9(2-3-11(14)19)15-7-17(30-28-15,18(23,24)25)10-5-12(20)16(22)13(21)6-10/h2-6,27H,7H2,1H3,(H,26,29). The van der Waals surface area contributed by atoms with E-state index in [2.05, 4.69) is 16.0 Å². The first-order valence-electron chi connectivity index (χ1n) is 8.24. The van der Waals surface area contributed by atoms with Gasteiger partial charge < -0.3 is 4.84 Å². The van der Waals surface area contributed by atoms with E-state index >= 15 is 0 Å². The molecule has 5 nitrogen and oxygen atoms in total. The monoisotopic (exact) mass is 499 g/mol. The predicted octanol–water partition coefficient (Wildman–Crippen LogP) is 6.35. The second-order valence-corrected chi connectivity index (χ2v) is 7.99. The van der Waals surface area contributed by atoms with Crippen LogP contribution in [0.2, 0.25) is 20.1 Å². The van der Waals surface area contributed by atoms with E-state index in [0.29, 0.717) is 5.56 Å². The third-order valence-electron chi connectivity index (χ3n) is 4.31. The van der Waals surface area contributed by atoms with Crippen LogP contribution in [0.1, 0.15) is 24.5 Å². The van der Waals surface area contributed by atoms with Gasteiger partial charge in [-0.3, -0.25) is 15.6 Å². The van der Waals surface area contributed by atoms with Gasteiger partial charge in [0.2, 0.25) is 5.91 Å². The maximum Gasteiger partial charge on any atom is 0.435 e. The van der Waals surface area contributed by atoms with Gasteiger partial charge in [-0.1, -0.05) is 57.6 Å². The molecule has 12 heteroatoms. The molecule has 1 atom stereocenters. The van der Waals surface area contributed by atoms with E-state index in [1.54, 1.807) is 0 Å². The Kier molecular flexibility index (Phi) is 6.34. The number of nitrogens with one attached hydrogen (secondary N) is 2. The SMILES string of the molecule is CC(=O)NNc1cc(C2=NOC(c3cc(Cl)c(Cl)c(Cl)c3)(C(F)(F)F)C2)ccc1Cl. The number of amides is 1. The highest BCUT2D eigenvalue weighted by molar-refractivity contribution is 6.48. The molecule has 1 aliphatic heterocycles. The molecule has 3 rings (SSSR count). The smallest absolute Gasteiger partial charge is 0.374 e. The largest absolute Gasteiger partial charge is 0.435 e. The summed E-state index contributed by atoms with van der Waals surface area (Å²) < 4.78 is 42.3. The lowest BCUT2D eigenvalue weighted by Crippen LogP contribution is -2.42. The van der Waals surface area contributed by atoms with Gasteiger partial charge in [0.15, 0.2) is 0 Å². The Hall–Kier alpha value is -1.87. The van der Waals surface area contributed by atoms with Crippen molar-refractivity contribution in [2.75, 3.05) is 5.43 Å². The first-order chi connectivity index (χ1) is 13.9. The van der Waals surface area contributed by atoms with Crippen molar-refractivity contribution in [3.8, 4) is 0 Å². The molecule has 1 heterocycles. The Morgan fingerprint density at radius 3 is 2.30 bits per heavy atom. The third-order valence-corrected chi connectivity index (χ3v) is 5.84. The van der Waals surface area contributed by atoms with Crippen molar-refractivity contribution in [3.05, 3.63) is 61.5 Å². The number of hydrogen-bond donors (Lipinski definition) is 2. The molecule has 1 amide bonds. The van der Waals surface area contributed by atoms with Crippen molar-refractivity contribution >= 4 is 63.7 Å². The van der Waals surface area contributed by atoms with Gasteiger partial charge in [0.1, 0.15) is 0 Å². The molecule has 1 aliphatic rings. The van der Waals surface area contributed by atoms with Crippen LogP contribution in [-0.2, 0) is 15.2 Å². The van der Waals surface area contributed by atoms with E-state index in [-0.39, 0.29) is 43.0 Å². The fourth-order valence-corrected chi connectivity index (χ4v) is 3.56. The van der Waals surface area contributed by atoms with E-state index in [1.807, 2.05) is 0 Å². The fourth-order valence-electron chi connectivity index (χ4n) is 2.80. The molecule has 0 saturated heterocycles. The van der Waals surface area contributed by atoms with Crippen LogP contribution in [0.5, 0.6) is 0 Å². The highest BCUT2D eigenvalue weighted by Crippen LogP contribution is 2.50. The number of rotatable bonds is 4. The number of hydrazine groups is 1. The normalized spacial score (nSPS) is 18.6. The van der Waals surface area contributed by atoms with Gasteiger partial charge in [-0.15, -0.1) is 0 Å². The predicted molar refractivity (Wildman–Crippen MR) is 110 cm³/mol. The maximum atomic E-state index is 14.1. The molecule has 0 saturated carbocycles. The van der Waals surface area contributed by atoms with E-state index in [9.17, 15) is 18.0 Å². The Balaban J connectivity index is 1.99. The first-order valence-corrected chi connectivity index (χ1v) is 9.75. The van der Waals surface area contributed by atoms with Gasteiger partial charge in [0.05, 0.1) is 31.5 Å². The Labute approximate surface area is 189 Å². The summed E-state index contributed by atoms with van der Waals surface area (Å²) in [5.74, 6) is -0.384. The second kappa shape index (κ2) is 8.34. The zero-order valence-corrected chi connectivity index (χ0v) is 18.0. The molecular weight excluding hydrogens is 489 g/mol. The Morgan fingerprint density at radius 2 is 1.73 bits per heavy atom. The van der Waals surface area contributed by atoms with Crippen LogP contribution in [-0.4, -0.2) is 17.8 Å². The van der Waals surface area contributed by atoms with Crippen LogP contribution in [0.3, 0.4) is 0 Å². The highest BCUT2D eigenvalue weighted by Gasteiger charge is 2.62. The van der Waals surface area contributed by atoms with Gasteiger partial charge in [-0.05, 0) is 24.3 Å². The summed E-state index contributed by atoms with van der Waals surface area (Å²) in [6, 6.07) is 6.47. The van der Waals surface area contributed by atoms with Gasteiger partial charge in [0, 0.05) is 24.5 Å². The minimum atomic E-state index is -4.84. The fraction of sp³-hybridized carbons (Fsp3) is 0.222. The summed E-state index contributed by atoms with van der Waals surface area (Å²) in [4.78, 5) is 16.0. The summed E-state index contributed by atoms with van der Waals surface area (Å²) >= 11 is 23.8. The third kappa shape index (κ3) is 4.27. The van der Waals surface area contributed by atoms with Crippen molar-refractivity contribution in [3.63, 3.8) is 0 Å². The van der Waals surface area contributed by atoms with E-state index < -0.39 is 18.2 Å². The van der Waals surface area contributed by atoms with Crippen molar-refractivity contribution in [1.29, 1.82) is 0 Å². The average Bonchev–Trinajstić information content (AvgIpc) is 3.11. The molecule has 0 fully saturated rings. The quantitative estimate of drug-likeness (QED) is 0.380. The topological polar surface area (TPSA) is 62.7 Å². The molecule has 0 aromatic heterocycles. The van der Waals surface area contributed by atoms with Crippen LogP contribution >= 0.6 is 46.4 Å². The lowest BCUT2D eigenvalue weighted by molar-refractivity contribution is -0.275. The molecule has 0 radical (unpaired) electrons. The molecule has 30 heavy (non-hydrogen) atoms. The molecule has 2 aromatic carbocycles. The molecule has 0 spiro atoms. The van der Waals surface area contributed by atoms with Crippen molar-refractivity contribution < 1.29 is 22.8 Å². The lowest BCUT2D eigenvalue weighted by Gasteiger charge is -2.30. The van der Waals surface area contributed by atoms with Gasteiger partial charge >= 0.3 is 6.18 Å². The van der Waals surface area contributed by atoms with Gasteiger partial charge in [0.25, 0.3) is 5.60 Å². The summed E-state index contributed by atoms with van der Waals surface area (Å²) in [6.45, 7) is 1.28. The number of oxime groups is 1. The van der Waals surface area contributed by atoms with Crippen LogP contribution in [0, 0.1) is 0 Å². The van der Waals surface area contributed by atoms with Crippen molar-refractivity contribution in [2.24, 2.45) is 5.16 Å². The number of hydrogen-bond acceptors (Lipinski definition) is 4. The number of carbonyl (C=O) groups is 1. The highest BCUT2D eigenvalue weighted by atomic mass is 35.5. The van der Waals surface area contributed by atoms with Gasteiger partial charge in [-0.2, -0.15) is 13.2 Å². The minimum absolute atomic E-state index is 0.0112. The van der Waals surface area contributed by atoms with Crippen LogP contribution < -0.4 is 10.9 Å². The molecule has 160 valence electrons. The lowest BCUT2D eigenvalue weighted by atomic mass is 9.86. The van der Waals surface area contributed by atoms with E-state index in [4.69, 9.17) is 51.2 Å². The minimum Gasteiger partial charge on any atom is -0.374 e. The second-order valence-electron chi connectivity index (χ2n) is 6.39. The number of carbonyl (C=O) groups excluding carboxylic acids is 1. The van der Waals surface area contributed by atoms with Crippen molar-refractivity contribution in [1.82, 2.24) is 5.43 Å². The molecule has 0 bridgehead atoms. The van der Waals surface area contributed by atoms with E-state index in [0.717, 1.165) is 12.1 Å².